The Balaban J connectivity index is 1.72. The van der Waals surface area contributed by atoms with E-state index >= 15 is 0 Å². The summed E-state index contributed by atoms with van der Waals surface area (Å²) in [5.41, 5.74) is 0. The number of nitrogens with one attached hydrogen (secondary N) is 1. The lowest BCUT2D eigenvalue weighted by molar-refractivity contribution is 0.0954. The van der Waals surface area contributed by atoms with E-state index in [-0.39, 0.29) is 6.04 Å². The summed E-state index contributed by atoms with van der Waals surface area (Å²) in [4.78, 5) is 5.07. The molecule has 1 saturated heterocycles. The first-order valence-corrected chi connectivity index (χ1v) is 6.87. The Morgan fingerprint density at radius 1 is 1.24 bits per heavy atom. The molecule has 0 spiro atoms. The molecule has 2 fully saturated rings. The first-order chi connectivity index (χ1) is 8.33. The Kier molecular flexibility index (Phi) is 4.78. The summed E-state index contributed by atoms with van der Waals surface area (Å²) in [7, 11) is 1.86. The van der Waals surface area contributed by atoms with Crippen molar-refractivity contribution < 1.29 is 0 Å². The topological polar surface area (TPSA) is 42.3 Å². The largest absolute Gasteiger partial charge is 0.304 e. The summed E-state index contributed by atoms with van der Waals surface area (Å²) in [6, 6.07) is 3.13. The molecule has 4 heteroatoms. The van der Waals surface area contributed by atoms with Gasteiger partial charge in [-0.3, -0.25) is 9.80 Å². The van der Waals surface area contributed by atoms with Gasteiger partial charge in [0.15, 0.2) is 0 Å². The van der Waals surface area contributed by atoms with Crippen LogP contribution in [0.2, 0.25) is 0 Å². The second kappa shape index (κ2) is 6.34. The molecule has 1 heterocycles. The summed E-state index contributed by atoms with van der Waals surface area (Å²) in [6.07, 6.45) is 5.64. The summed E-state index contributed by atoms with van der Waals surface area (Å²) in [6.45, 7) is 5.48. The zero-order valence-corrected chi connectivity index (χ0v) is 10.9. The van der Waals surface area contributed by atoms with Crippen LogP contribution in [0.4, 0.5) is 0 Å². The lowest BCUT2D eigenvalue weighted by Gasteiger charge is -2.38. The van der Waals surface area contributed by atoms with Gasteiger partial charge in [-0.15, -0.1) is 0 Å². The first kappa shape index (κ1) is 12.8. The molecule has 1 N–H and O–H groups in total. The Hall–Kier alpha value is -0.630. The van der Waals surface area contributed by atoms with Crippen LogP contribution < -0.4 is 5.32 Å². The molecule has 0 amide bonds. The maximum atomic E-state index is 8.93. The molecule has 1 atom stereocenters. The standard InChI is InChI=1S/C13H24N4/c1-15-12(10-14)11-16-6-8-17(9-7-16)13-4-2-3-5-13/h12-13,15H,2-9,11H2,1H3. The Labute approximate surface area is 105 Å². The third-order valence-electron chi connectivity index (χ3n) is 4.19. The van der Waals surface area contributed by atoms with Gasteiger partial charge < -0.3 is 5.32 Å². The zero-order valence-electron chi connectivity index (χ0n) is 10.9. The van der Waals surface area contributed by atoms with Gasteiger partial charge in [0.1, 0.15) is 6.04 Å². The fourth-order valence-corrected chi connectivity index (χ4v) is 3.04. The molecule has 1 aliphatic heterocycles. The average Bonchev–Trinajstić information content (AvgIpc) is 2.90. The molecule has 1 aliphatic carbocycles. The van der Waals surface area contributed by atoms with Gasteiger partial charge in [-0.05, 0) is 19.9 Å². The third kappa shape index (κ3) is 3.41. The van der Waals surface area contributed by atoms with E-state index in [4.69, 9.17) is 5.26 Å². The lowest BCUT2D eigenvalue weighted by Crippen LogP contribution is -2.52. The SMILES string of the molecule is CNC(C#N)CN1CCN(C2CCCC2)CC1. The maximum absolute atomic E-state index is 8.93. The Bertz CT molecular complexity index is 259. The first-order valence-electron chi connectivity index (χ1n) is 6.87. The lowest BCUT2D eigenvalue weighted by atomic mass is 10.1. The summed E-state index contributed by atoms with van der Waals surface area (Å²) in [5.74, 6) is 0. The molecular formula is C13H24N4. The van der Waals surface area contributed by atoms with Crippen molar-refractivity contribution in [2.45, 2.75) is 37.8 Å². The van der Waals surface area contributed by atoms with Crippen molar-refractivity contribution >= 4 is 0 Å². The predicted molar refractivity (Wildman–Crippen MR) is 68.7 cm³/mol. The molecule has 96 valence electrons. The minimum Gasteiger partial charge on any atom is -0.304 e. The van der Waals surface area contributed by atoms with Crippen molar-refractivity contribution in [3.05, 3.63) is 0 Å². The molecule has 2 rings (SSSR count). The van der Waals surface area contributed by atoms with Gasteiger partial charge in [-0.25, -0.2) is 0 Å². The van der Waals surface area contributed by atoms with E-state index in [1.165, 1.54) is 38.8 Å². The number of piperazine rings is 1. The van der Waals surface area contributed by atoms with Crippen molar-refractivity contribution in [3.63, 3.8) is 0 Å². The molecule has 1 unspecified atom stereocenters. The number of hydrogen-bond acceptors (Lipinski definition) is 4. The second-order valence-electron chi connectivity index (χ2n) is 5.25. The summed E-state index contributed by atoms with van der Waals surface area (Å²) in [5, 5.41) is 12.0. The van der Waals surface area contributed by atoms with Gasteiger partial charge in [0, 0.05) is 38.8 Å². The summed E-state index contributed by atoms with van der Waals surface area (Å²) >= 11 is 0. The van der Waals surface area contributed by atoms with Crippen LogP contribution in [0.3, 0.4) is 0 Å². The van der Waals surface area contributed by atoms with E-state index in [9.17, 15) is 0 Å². The molecule has 17 heavy (non-hydrogen) atoms. The molecule has 2 aliphatic rings. The molecule has 0 bridgehead atoms. The van der Waals surface area contributed by atoms with Crippen LogP contribution in [-0.4, -0.2) is 61.7 Å². The quantitative estimate of drug-likeness (QED) is 0.778. The van der Waals surface area contributed by atoms with Gasteiger partial charge in [-0.1, -0.05) is 12.8 Å². The van der Waals surface area contributed by atoms with Crippen LogP contribution in [0.15, 0.2) is 0 Å². The van der Waals surface area contributed by atoms with Crippen molar-refractivity contribution in [1.82, 2.24) is 15.1 Å². The number of nitriles is 1. The molecule has 4 nitrogen and oxygen atoms in total. The zero-order chi connectivity index (χ0) is 12.1. The van der Waals surface area contributed by atoms with Crippen LogP contribution in [0.5, 0.6) is 0 Å². The van der Waals surface area contributed by atoms with Gasteiger partial charge in [0.2, 0.25) is 0 Å². The molecule has 0 aromatic carbocycles. The van der Waals surface area contributed by atoms with E-state index in [0.29, 0.717) is 0 Å². The summed E-state index contributed by atoms with van der Waals surface area (Å²) < 4.78 is 0. The Morgan fingerprint density at radius 3 is 2.41 bits per heavy atom. The van der Waals surface area contributed by atoms with E-state index in [2.05, 4.69) is 21.2 Å². The van der Waals surface area contributed by atoms with Gasteiger partial charge >= 0.3 is 0 Å². The Morgan fingerprint density at radius 2 is 1.88 bits per heavy atom. The third-order valence-corrected chi connectivity index (χ3v) is 4.19. The minimum atomic E-state index is -0.0203. The molecule has 1 saturated carbocycles. The molecular weight excluding hydrogens is 212 g/mol. The van der Waals surface area contributed by atoms with Crippen molar-refractivity contribution in [2.75, 3.05) is 39.8 Å². The fourth-order valence-electron chi connectivity index (χ4n) is 3.04. The van der Waals surface area contributed by atoms with Crippen molar-refractivity contribution in [2.24, 2.45) is 0 Å². The smallest absolute Gasteiger partial charge is 0.108 e. The monoisotopic (exact) mass is 236 g/mol. The maximum Gasteiger partial charge on any atom is 0.108 e. The number of likely N-dealkylation sites (N-methyl/N-ethyl adjacent to an activating group) is 1. The second-order valence-corrected chi connectivity index (χ2v) is 5.25. The highest BCUT2D eigenvalue weighted by atomic mass is 15.3. The van der Waals surface area contributed by atoms with Gasteiger partial charge in [0.05, 0.1) is 6.07 Å². The minimum absolute atomic E-state index is 0.0203. The van der Waals surface area contributed by atoms with Crippen molar-refractivity contribution in [3.8, 4) is 6.07 Å². The van der Waals surface area contributed by atoms with Gasteiger partial charge in [-0.2, -0.15) is 5.26 Å². The highest BCUT2D eigenvalue weighted by molar-refractivity contribution is 4.92. The highest BCUT2D eigenvalue weighted by Crippen LogP contribution is 2.24. The number of rotatable bonds is 4. The van der Waals surface area contributed by atoms with E-state index in [1.807, 2.05) is 7.05 Å². The number of hydrogen-bond donors (Lipinski definition) is 1. The van der Waals surface area contributed by atoms with Crippen molar-refractivity contribution in [1.29, 1.82) is 5.26 Å². The van der Waals surface area contributed by atoms with E-state index in [0.717, 1.165) is 25.7 Å². The molecule has 0 aromatic heterocycles. The van der Waals surface area contributed by atoms with Crippen LogP contribution in [0, 0.1) is 11.3 Å². The van der Waals surface area contributed by atoms with Crippen LogP contribution >= 0.6 is 0 Å². The van der Waals surface area contributed by atoms with Crippen LogP contribution in [-0.2, 0) is 0 Å². The fraction of sp³-hybridized carbons (Fsp3) is 0.923. The number of nitrogens with zero attached hydrogens (tertiary/aromatic N) is 3. The van der Waals surface area contributed by atoms with Crippen LogP contribution in [0.1, 0.15) is 25.7 Å². The van der Waals surface area contributed by atoms with Crippen LogP contribution in [0.25, 0.3) is 0 Å². The predicted octanol–water partition coefficient (Wildman–Crippen LogP) is 0.658. The average molecular weight is 236 g/mol. The van der Waals surface area contributed by atoms with E-state index < -0.39 is 0 Å². The normalized spacial score (nSPS) is 25.9. The van der Waals surface area contributed by atoms with E-state index in [1.54, 1.807) is 0 Å². The molecule has 0 aromatic rings. The highest BCUT2D eigenvalue weighted by Gasteiger charge is 2.26. The van der Waals surface area contributed by atoms with Gasteiger partial charge in [0.25, 0.3) is 0 Å². The molecule has 0 radical (unpaired) electrons.